The third kappa shape index (κ3) is 3.32. The van der Waals surface area contributed by atoms with Crippen molar-refractivity contribution in [3.63, 3.8) is 0 Å². The Hall–Kier alpha value is -1.31. The molecule has 0 aromatic heterocycles. The predicted molar refractivity (Wildman–Crippen MR) is 70.5 cm³/mol. The molecule has 0 aliphatic rings. The summed E-state index contributed by atoms with van der Waals surface area (Å²) >= 11 is 0. The summed E-state index contributed by atoms with van der Waals surface area (Å²) in [5.41, 5.74) is 2.37. The molecule has 0 aliphatic heterocycles. The highest BCUT2D eigenvalue weighted by atomic mass is 16.5. The summed E-state index contributed by atoms with van der Waals surface area (Å²) in [6, 6.07) is 6.04. The van der Waals surface area contributed by atoms with Crippen molar-refractivity contribution in [2.45, 2.75) is 52.4 Å². The Kier molecular flexibility index (Phi) is 3.65. The van der Waals surface area contributed by atoms with Crippen molar-refractivity contribution in [1.82, 2.24) is 0 Å². The second kappa shape index (κ2) is 4.52. The van der Waals surface area contributed by atoms with Crippen molar-refractivity contribution in [3.8, 4) is 5.75 Å². The van der Waals surface area contributed by atoms with Crippen LogP contribution >= 0.6 is 0 Å². The van der Waals surface area contributed by atoms with Gasteiger partial charge in [-0.05, 0) is 22.5 Å². The average Bonchev–Trinajstić information content (AvgIpc) is 2.15. The molecule has 0 aliphatic carbocycles. The number of ether oxygens (including phenoxy) is 1. The van der Waals surface area contributed by atoms with Crippen LogP contribution in [0.3, 0.4) is 0 Å². The Morgan fingerprint density at radius 3 is 2.00 bits per heavy atom. The van der Waals surface area contributed by atoms with Gasteiger partial charge in [-0.3, -0.25) is 4.79 Å². The minimum atomic E-state index is -0.0421. The van der Waals surface area contributed by atoms with Crippen molar-refractivity contribution in [2.75, 3.05) is 0 Å². The molecule has 2 heteroatoms. The lowest BCUT2D eigenvalue weighted by atomic mass is 9.80. The van der Waals surface area contributed by atoms with E-state index in [2.05, 4.69) is 47.6 Å². The van der Waals surface area contributed by atoms with Gasteiger partial charge in [-0.25, -0.2) is 0 Å². The van der Waals surface area contributed by atoms with Crippen molar-refractivity contribution in [2.24, 2.45) is 0 Å². The van der Waals surface area contributed by atoms with Crippen molar-refractivity contribution in [3.05, 3.63) is 29.3 Å². The molecule has 1 rings (SSSR count). The number of hydrogen-bond acceptors (Lipinski definition) is 2. The van der Waals surface area contributed by atoms with Gasteiger partial charge >= 0.3 is 0 Å². The topological polar surface area (TPSA) is 26.3 Å². The zero-order valence-electron chi connectivity index (χ0n) is 11.6. The average molecular weight is 234 g/mol. The Bertz CT molecular complexity index is 406. The van der Waals surface area contributed by atoms with E-state index < -0.39 is 0 Å². The van der Waals surface area contributed by atoms with Crippen LogP contribution in [-0.2, 0) is 15.6 Å². The van der Waals surface area contributed by atoms with E-state index in [1.165, 1.54) is 5.56 Å². The molecule has 17 heavy (non-hydrogen) atoms. The third-order valence-corrected chi connectivity index (χ3v) is 2.83. The van der Waals surface area contributed by atoms with Gasteiger partial charge < -0.3 is 4.74 Å². The summed E-state index contributed by atoms with van der Waals surface area (Å²) in [7, 11) is 0. The Morgan fingerprint density at radius 2 is 1.59 bits per heavy atom. The van der Waals surface area contributed by atoms with Gasteiger partial charge in [0.1, 0.15) is 5.75 Å². The van der Waals surface area contributed by atoms with Crippen LogP contribution in [0.4, 0.5) is 0 Å². The number of rotatable bonds is 2. The van der Waals surface area contributed by atoms with E-state index in [0.29, 0.717) is 12.2 Å². The highest BCUT2D eigenvalue weighted by molar-refractivity contribution is 5.51. The van der Waals surface area contributed by atoms with Gasteiger partial charge in [0.15, 0.2) is 0 Å². The van der Waals surface area contributed by atoms with Gasteiger partial charge in [0.2, 0.25) is 0 Å². The molecule has 0 amide bonds. The third-order valence-electron chi connectivity index (χ3n) is 2.83. The van der Waals surface area contributed by atoms with E-state index in [0.717, 1.165) is 5.56 Å². The number of carbonyl (C=O) groups is 1. The summed E-state index contributed by atoms with van der Waals surface area (Å²) in [5.74, 6) is 0.653. The summed E-state index contributed by atoms with van der Waals surface area (Å²) in [5, 5.41) is 0. The molecule has 2 nitrogen and oxygen atoms in total. The first-order valence-electron chi connectivity index (χ1n) is 5.91. The number of hydrogen-bond donors (Lipinski definition) is 0. The second-order valence-corrected chi connectivity index (χ2v) is 6.43. The molecular formula is C15H22O2. The lowest BCUT2D eigenvalue weighted by Gasteiger charge is -2.26. The normalized spacial score (nSPS) is 12.4. The van der Waals surface area contributed by atoms with Gasteiger partial charge in [-0.15, -0.1) is 0 Å². The van der Waals surface area contributed by atoms with Crippen LogP contribution in [0.1, 0.15) is 52.7 Å². The quantitative estimate of drug-likeness (QED) is 0.727. The molecule has 1 aromatic carbocycles. The predicted octanol–water partition coefficient (Wildman–Crippen LogP) is 3.82. The first-order chi connectivity index (χ1) is 7.66. The monoisotopic (exact) mass is 234 g/mol. The largest absolute Gasteiger partial charge is 0.428 e. The molecule has 94 valence electrons. The lowest BCUT2D eigenvalue weighted by Crippen LogP contribution is -2.17. The maximum absolute atomic E-state index is 10.5. The van der Waals surface area contributed by atoms with Crippen molar-refractivity contribution >= 4 is 6.47 Å². The van der Waals surface area contributed by atoms with E-state index in [9.17, 15) is 4.79 Å². The SMILES string of the molecule is CC(C)(C)c1ccc(OC=O)c(C(C)(C)C)c1. The van der Waals surface area contributed by atoms with Crippen molar-refractivity contribution in [1.29, 1.82) is 0 Å². The van der Waals surface area contributed by atoms with Crippen LogP contribution in [0.5, 0.6) is 5.75 Å². The fourth-order valence-electron chi connectivity index (χ4n) is 1.74. The van der Waals surface area contributed by atoms with Crippen LogP contribution in [0.15, 0.2) is 18.2 Å². The zero-order chi connectivity index (χ0) is 13.3. The minimum absolute atomic E-state index is 0.0421. The summed E-state index contributed by atoms with van der Waals surface area (Å²) in [6.45, 7) is 13.4. The highest BCUT2D eigenvalue weighted by Gasteiger charge is 2.22. The lowest BCUT2D eigenvalue weighted by molar-refractivity contribution is -0.120. The van der Waals surface area contributed by atoms with Gasteiger partial charge in [-0.2, -0.15) is 0 Å². The fourth-order valence-corrected chi connectivity index (χ4v) is 1.74. The van der Waals surface area contributed by atoms with Crippen LogP contribution in [0.25, 0.3) is 0 Å². The first-order valence-corrected chi connectivity index (χ1v) is 5.91. The smallest absolute Gasteiger partial charge is 0.298 e. The summed E-state index contributed by atoms with van der Waals surface area (Å²) in [6.07, 6.45) is 0. The molecule has 0 heterocycles. The van der Waals surface area contributed by atoms with Crippen LogP contribution in [0, 0.1) is 0 Å². The molecule has 0 unspecified atom stereocenters. The highest BCUT2D eigenvalue weighted by Crippen LogP contribution is 2.35. The van der Waals surface area contributed by atoms with Crippen LogP contribution < -0.4 is 4.74 Å². The first kappa shape index (κ1) is 13.8. The van der Waals surface area contributed by atoms with Gasteiger partial charge in [0.25, 0.3) is 6.47 Å². The van der Waals surface area contributed by atoms with E-state index in [1.807, 2.05) is 12.1 Å². The summed E-state index contributed by atoms with van der Waals surface area (Å²) in [4.78, 5) is 10.5. The molecule has 0 atom stereocenters. The van der Waals surface area contributed by atoms with E-state index >= 15 is 0 Å². The molecule has 0 radical (unpaired) electrons. The zero-order valence-corrected chi connectivity index (χ0v) is 11.6. The minimum Gasteiger partial charge on any atom is -0.428 e. The van der Waals surface area contributed by atoms with E-state index in [-0.39, 0.29) is 10.8 Å². The van der Waals surface area contributed by atoms with Gasteiger partial charge in [-0.1, -0.05) is 53.7 Å². The molecule has 0 N–H and O–H groups in total. The summed E-state index contributed by atoms with van der Waals surface area (Å²) < 4.78 is 5.05. The number of carbonyl (C=O) groups excluding carboxylic acids is 1. The molecular weight excluding hydrogens is 212 g/mol. The number of benzene rings is 1. The fraction of sp³-hybridized carbons (Fsp3) is 0.533. The molecule has 0 saturated carbocycles. The maximum Gasteiger partial charge on any atom is 0.298 e. The molecule has 1 aromatic rings. The molecule has 0 saturated heterocycles. The van der Waals surface area contributed by atoms with Crippen LogP contribution in [-0.4, -0.2) is 6.47 Å². The van der Waals surface area contributed by atoms with Crippen LogP contribution in [0.2, 0.25) is 0 Å². The second-order valence-electron chi connectivity index (χ2n) is 6.43. The van der Waals surface area contributed by atoms with E-state index in [4.69, 9.17) is 4.74 Å². The van der Waals surface area contributed by atoms with Gasteiger partial charge in [0, 0.05) is 5.56 Å². The van der Waals surface area contributed by atoms with Crippen molar-refractivity contribution < 1.29 is 9.53 Å². The van der Waals surface area contributed by atoms with E-state index in [1.54, 1.807) is 0 Å². The van der Waals surface area contributed by atoms with Gasteiger partial charge in [0.05, 0.1) is 0 Å². The Morgan fingerprint density at radius 1 is 1.00 bits per heavy atom. The molecule has 0 bridgehead atoms. The molecule has 0 fully saturated rings. The Labute approximate surface area is 104 Å². The maximum atomic E-state index is 10.5. The standard InChI is InChI=1S/C15H22O2/c1-14(2,3)11-7-8-13(17-10-16)12(9-11)15(4,5)6/h7-10H,1-6H3. The molecule has 0 spiro atoms. The Balaban J connectivity index is 3.34.